The first-order valence-corrected chi connectivity index (χ1v) is 6.00. The van der Waals surface area contributed by atoms with Crippen LogP contribution in [0.5, 0.6) is 0 Å². The Hall–Kier alpha value is -0.260. The maximum absolute atomic E-state index is 10.3. The fourth-order valence-electron chi connectivity index (χ4n) is 1.63. The molecule has 5 heteroatoms. The standard InChI is InChI=1S/C9H18N2O2S/c10-6-5-14-7(9(6)11)3-1-2-4-8(12)13/h6-7,9H,1-5,10-11H2,(H,12,13)/t6-,7+,9-/m0/s1. The van der Waals surface area contributed by atoms with Crippen molar-refractivity contribution in [3.05, 3.63) is 0 Å². The van der Waals surface area contributed by atoms with Gasteiger partial charge in [-0.1, -0.05) is 6.42 Å². The molecule has 14 heavy (non-hydrogen) atoms. The number of aliphatic carboxylic acids is 1. The normalized spacial score (nSPS) is 32.0. The summed E-state index contributed by atoms with van der Waals surface area (Å²) in [6.07, 6.45) is 2.93. The highest BCUT2D eigenvalue weighted by atomic mass is 32.2. The van der Waals surface area contributed by atoms with E-state index in [1.165, 1.54) is 0 Å². The average molecular weight is 218 g/mol. The summed E-state index contributed by atoms with van der Waals surface area (Å²) in [7, 11) is 0. The van der Waals surface area contributed by atoms with Crippen molar-refractivity contribution >= 4 is 17.7 Å². The molecule has 0 bridgehead atoms. The zero-order chi connectivity index (χ0) is 10.6. The van der Waals surface area contributed by atoms with Crippen LogP contribution in [0.4, 0.5) is 0 Å². The first-order chi connectivity index (χ1) is 6.61. The molecule has 0 radical (unpaired) electrons. The van der Waals surface area contributed by atoms with Crippen LogP contribution < -0.4 is 11.5 Å². The Balaban J connectivity index is 2.10. The molecule has 1 heterocycles. The van der Waals surface area contributed by atoms with Crippen LogP contribution >= 0.6 is 11.8 Å². The maximum Gasteiger partial charge on any atom is 0.303 e. The van der Waals surface area contributed by atoms with E-state index >= 15 is 0 Å². The minimum absolute atomic E-state index is 0.0878. The van der Waals surface area contributed by atoms with Crippen LogP contribution in [-0.2, 0) is 4.79 Å². The summed E-state index contributed by atoms with van der Waals surface area (Å²) in [4.78, 5) is 10.3. The summed E-state index contributed by atoms with van der Waals surface area (Å²) in [6, 6.07) is 0.203. The van der Waals surface area contributed by atoms with Crippen LogP contribution in [0, 0.1) is 0 Å². The van der Waals surface area contributed by atoms with Crippen LogP contribution in [0.15, 0.2) is 0 Å². The molecule has 1 aliphatic rings. The van der Waals surface area contributed by atoms with Crippen LogP contribution in [0.1, 0.15) is 25.7 Å². The first kappa shape index (κ1) is 11.8. The van der Waals surface area contributed by atoms with Crippen molar-refractivity contribution < 1.29 is 9.90 Å². The van der Waals surface area contributed by atoms with Gasteiger partial charge in [0.1, 0.15) is 0 Å². The van der Waals surface area contributed by atoms with E-state index in [-0.39, 0.29) is 18.5 Å². The Kier molecular flexibility index (Phi) is 4.71. The predicted molar refractivity (Wildman–Crippen MR) is 58.3 cm³/mol. The van der Waals surface area contributed by atoms with E-state index < -0.39 is 5.97 Å². The van der Waals surface area contributed by atoms with E-state index in [9.17, 15) is 4.79 Å². The lowest BCUT2D eigenvalue weighted by atomic mass is 10.0. The quantitative estimate of drug-likeness (QED) is 0.581. The van der Waals surface area contributed by atoms with E-state index in [4.69, 9.17) is 16.6 Å². The van der Waals surface area contributed by atoms with E-state index in [2.05, 4.69) is 0 Å². The third-order valence-corrected chi connectivity index (χ3v) is 4.11. The molecule has 4 nitrogen and oxygen atoms in total. The van der Waals surface area contributed by atoms with Gasteiger partial charge in [-0.25, -0.2) is 0 Å². The molecule has 1 aliphatic heterocycles. The van der Waals surface area contributed by atoms with Gasteiger partial charge >= 0.3 is 5.97 Å². The molecule has 1 fully saturated rings. The number of hydrogen-bond acceptors (Lipinski definition) is 4. The lowest BCUT2D eigenvalue weighted by Crippen LogP contribution is -2.43. The summed E-state index contributed by atoms with van der Waals surface area (Å²) >= 11 is 1.82. The Bertz CT molecular complexity index is 201. The molecule has 1 saturated heterocycles. The monoisotopic (exact) mass is 218 g/mol. The molecule has 0 aromatic carbocycles. The van der Waals surface area contributed by atoms with Gasteiger partial charge in [-0.3, -0.25) is 4.79 Å². The first-order valence-electron chi connectivity index (χ1n) is 4.96. The van der Waals surface area contributed by atoms with Gasteiger partial charge in [0.2, 0.25) is 0 Å². The second kappa shape index (κ2) is 5.58. The number of unbranched alkanes of at least 4 members (excludes halogenated alkanes) is 1. The zero-order valence-corrected chi connectivity index (χ0v) is 9.00. The number of carboxylic acid groups (broad SMARTS) is 1. The maximum atomic E-state index is 10.3. The average Bonchev–Trinajstić information content (AvgIpc) is 2.43. The lowest BCUT2D eigenvalue weighted by molar-refractivity contribution is -0.137. The molecule has 0 aliphatic carbocycles. The molecule has 5 N–H and O–H groups in total. The number of rotatable bonds is 5. The molecule has 0 saturated carbocycles. The molecule has 1 rings (SSSR count). The van der Waals surface area contributed by atoms with E-state index in [1.54, 1.807) is 0 Å². The summed E-state index contributed by atoms with van der Waals surface area (Å²) in [6.45, 7) is 0. The Morgan fingerprint density at radius 2 is 2.14 bits per heavy atom. The molecular formula is C9H18N2O2S. The number of nitrogens with two attached hydrogens (primary N) is 2. The van der Waals surface area contributed by atoms with Gasteiger partial charge in [-0.05, 0) is 12.8 Å². The molecule has 0 unspecified atom stereocenters. The van der Waals surface area contributed by atoms with Gasteiger partial charge < -0.3 is 16.6 Å². The van der Waals surface area contributed by atoms with Crippen molar-refractivity contribution in [1.82, 2.24) is 0 Å². The van der Waals surface area contributed by atoms with Gasteiger partial charge in [-0.2, -0.15) is 11.8 Å². The van der Waals surface area contributed by atoms with Crippen molar-refractivity contribution in [1.29, 1.82) is 0 Å². The molecule has 0 spiro atoms. The number of thioether (sulfide) groups is 1. The van der Waals surface area contributed by atoms with Gasteiger partial charge in [-0.15, -0.1) is 0 Å². The minimum Gasteiger partial charge on any atom is -0.481 e. The highest BCUT2D eigenvalue weighted by molar-refractivity contribution is 8.00. The van der Waals surface area contributed by atoms with E-state index in [1.807, 2.05) is 11.8 Å². The molecule has 82 valence electrons. The Labute approximate surface area is 88.4 Å². The molecule has 0 aromatic rings. The number of carbonyl (C=O) groups is 1. The fourth-order valence-corrected chi connectivity index (χ4v) is 3.08. The van der Waals surface area contributed by atoms with Gasteiger partial charge in [0.05, 0.1) is 0 Å². The third-order valence-electron chi connectivity index (χ3n) is 2.56. The lowest BCUT2D eigenvalue weighted by Gasteiger charge is -2.16. The summed E-state index contributed by atoms with van der Waals surface area (Å²) in [5.41, 5.74) is 11.7. The van der Waals surface area contributed by atoms with Crippen molar-refractivity contribution in [2.24, 2.45) is 11.5 Å². The number of hydrogen-bond donors (Lipinski definition) is 3. The third kappa shape index (κ3) is 3.48. The van der Waals surface area contributed by atoms with Gasteiger partial charge in [0.15, 0.2) is 0 Å². The van der Waals surface area contributed by atoms with Crippen molar-refractivity contribution in [3.63, 3.8) is 0 Å². The summed E-state index contributed by atoms with van der Waals surface area (Å²) in [5, 5.41) is 8.88. The Morgan fingerprint density at radius 1 is 1.43 bits per heavy atom. The van der Waals surface area contributed by atoms with Crippen LogP contribution in [0.25, 0.3) is 0 Å². The van der Waals surface area contributed by atoms with Crippen molar-refractivity contribution in [3.8, 4) is 0 Å². The van der Waals surface area contributed by atoms with Crippen LogP contribution in [0.2, 0.25) is 0 Å². The summed E-state index contributed by atoms with van der Waals surface area (Å²) < 4.78 is 0. The van der Waals surface area contributed by atoms with Crippen LogP contribution in [0.3, 0.4) is 0 Å². The van der Waals surface area contributed by atoms with E-state index in [0.29, 0.717) is 5.25 Å². The molecule has 0 amide bonds. The summed E-state index contributed by atoms with van der Waals surface area (Å²) in [5.74, 6) is 0.218. The largest absolute Gasteiger partial charge is 0.481 e. The van der Waals surface area contributed by atoms with E-state index in [0.717, 1.165) is 25.0 Å². The fraction of sp³-hybridized carbons (Fsp3) is 0.889. The number of carboxylic acids is 1. The molecule has 3 atom stereocenters. The van der Waals surface area contributed by atoms with Gasteiger partial charge in [0.25, 0.3) is 0 Å². The van der Waals surface area contributed by atoms with Gasteiger partial charge in [0, 0.05) is 29.5 Å². The Morgan fingerprint density at radius 3 is 2.64 bits per heavy atom. The highest BCUT2D eigenvalue weighted by Gasteiger charge is 2.30. The SMILES string of the molecule is N[C@H]1[C@@H](N)CS[C@@H]1CCCCC(=O)O. The second-order valence-electron chi connectivity index (χ2n) is 3.75. The molecule has 0 aromatic heterocycles. The zero-order valence-electron chi connectivity index (χ0n) is 8.19. The minimum atomic E-state index is -0.718. The van der Waals surface area contributed by atoms with Crippen molar-refractivity contribution in [2.75, 3.05) is 5.75 Å². The second-order valence-corrected chi connectivity index (χ2v) is 5.02. The van der Waals surface area contributed by atoms with Crippen molar-refractivity contribution in [2.45, 2.75) is 43.0 Å². The topological polar surface area (TPSA) is 89.3 Å². The smallest absolute Gasteiger partial charge is 0.303 e. The molecular weight excluding hydrogens is 200 g/mol. The predicted octanol–water partition coefficient (Wildman–Crippen LogP) is 0.401. The van der Waals surface area contributed by atoms with Crippen LogP contribution in [-0.4, -0.2) is 34.2 Å². The highest BCUT2D eigenvalue weighted by Crippen LogP contribution is 2.28.